The second-order valence-electron chi connectivity index (χ2n) is 6.17. The third-order valence-corrected chi connectivity index (χ3v) is 4.56. The zero-order chi connectivity index (χ0) is 17.8. The van der Waals surface area contributed by atoms with Gasteiger partial charge in [-0.05, 0) is 24.1 Å². The Labute approximate surface area is 146 Å². The van der Waals surface area contributed by atoms with Crippen LogP contribution in [0.4, 0.5) is 4.39 Å². The predicted octanol–water partition coefficient (Wildman–Crippen LogP) is 1.67. The van der Waals surface area contributed by atoms with Crippen LogP contribution in [-0.2, 0) is 18.3 Å². The average Bonchev–Trinajstić information content (AvgIpc) is 3.05. The number of nitrogens with one attached hydrogen (secondary N) is 1. The van der Waals surface area contributed by atoms with Gasteiger partial charge in [-0.1, -0.05) is 6.07 Å². The molecule has 1 N–H and O–H groups in total. The van der Waals surface area contributed by atoms with Crippen LogP contribution in [0.1, 0.15) is 23.9 Å². The lowest BCUT2D eigenvalue weighted by atomic mass is 10.1. The monoisotopic (exact) mass is 346 g/mol. The molecule has 0 bridgehead atoms. The molecule has 2 heterocycles. The van der Waals surface area contributed by atoms with Crippen LogP contribution in [0.5, 0.6) is 5.75 Å². The highest BCUT2D eigenvalue weighted by atomic mass is 19.1. The van der Waals surface area contributed by atoms with Crippen molar-refractivity contribution in [2.75, 3.05) is 26.7 Å². The highest BCUT2D eigenvalue weighted by Gasteiger charge is 2.30. The molecule has 1 unspecified atom stereocenters. The first-order valence-electron chi connectivity index (χ1n) is 8.40. The molecular formula is C18H23FN4O2. The van der Waals surface area contributed by atoms with E-state index in [1.54, 1.807) is 18.3 Å². The molecule has 25 heavy (non-hydrogen) atoms. The SMILES string of the molecule is COc1ccc(CCC(=O)N2CCNCC2c2nccn2C)cc1F. The second kappa shape index (κ2) is 7.65. The number of aryl methyl sites for hydroxylation is 2. The van der Waals surface area contributed by atoms with Gasteiger partial charge in [0.2, 0.25) is 5.91 Å². The van der Waals surface area contributed by atoms with Crippen molar-refractivity contribution in [2.45, 2.75) is 18.9 Å². The van der Waals surface area contributed by atoms with Gasteiger partial charge in [0, 0.05) is 45.5 Å². The Balaban J connectivity index is 1.67. The summed E-state index contributed by atoms with van der Waals surface area (Å²) in [7, 11) is 3.36. The first-order valence-corrected chi connectivity index (χ1v) is 8.40. The van der Waals surface area contributed by atoms with Crippen LogP contribution in [0.15, 0.2) is 30.6 Å². The van der Waals surface area contributed by atoms with Gasteiger partial charge in [0.15, 0.2) is 11.6 Å². The number of piperazine rings is 1. The van der Waals surface area contributed by atoms with Crippen LogP contribution in [0.3, 0.4) is 0 Å². The number of carbonyl (C=O) groups excluding carboxylic acids is 1. The van der Waals surface area contributed by atoms with Crippen molar-refractivity contribution in [3.05, 3.63) is 47.8 Å². The fourth-order valence-corrected chi connectivity index (χ4v) is 3.19. The molecule has 3 rings (SSSR count). The van der Waals surface area contributed by atoms with Crippen LogP contribution < -0.4 is 10.1 Å². The van der Waals surface area contributed by atoms with Crippen LogP contribution in [0.25, 0.3) is 0 Å². The molecule has 1 aromatic carbocycles. The van der Waals surface area contributed by atoms with E-state index in [-0.39, 0.29) is 17.7 Å². The maximum absolute atomic E-state index is 13.8. The third kappa shape index (κ3) is 3.82. The Morgan fingerprint density at radius 2 is 2.32 bits per heavy atom. The molecule has 134 valence electrons. The number of ether oxygens (including phenoxy) is 1. The summed E-state index contributed by atoms with van der Waals surface area (Å²) in [5.74, 6) is 0.745. The Morgan fingerprint density at radius 3 is 3.00 bits per heavy atom. The summed E-state index contributed by atoms with van der Waals surface area (Å²) in [5, 5.41) is 3.32. The number of nitrogens with zero attached hydrogens (tertiary/aromatic N) is 3. The van der Waals surface area contributed by atoms with Crippen molar-refractivity contribution < 1.29 is 13.9 Å². The van der Waals surface area contributed by atoms with Gasteiger partial charge in [-0.15, -0.1) is 0 Å². The van der Waals surface area contributed by atoms with Crippen molar-refractivity contribution in [1.82, 2.24) is 19.8 Å². The van der Waals surface area contributed by atoms with E-state index in [2.05, 4.69) is 10.3 Å². The molecule has 2 aromatic rings. The number of hydrogen-bond donors (Lipinski definition) is 1. The van der Waals surface area contributed by atoms with E-state index in [4.69, 9.17) is 4.74 Å². The molecule has 1 aromatic heterocycles. The van der Waals surface area contributed by atoms with Gasteiger partial charge in [-0.3, -0.25) is 4.79 Å². The molecule has 7 heteroatoms. The zero-order valence-corrected chi connectivity index (χ0v) is 14.5. The number of carbonyl (C=O) groups is 1. The molecule has 1 amide bonds. The summed E-state index contributed by atoms with van der Waals surface area (Å²) >= 11 is 0. The first kappa shape index (κ1) is 17.4. The highest BCUT2D eigenvalue weighted by molar-refractivity contribution is 5.77. The van der Waals surface area contributed by atoms with Crippen molar-refractivity contribution in [3.63, 3.8) is 0 Å². The smallest absolute Gasteiger partial charge is 0.223 e. The van der Waals surface area contributed by atoms with Gasteiger partial charge in [-0.2, -0.15) is 0 Å². The number of benzene rings is 1. The third-order valence-electron chi connectivity index (χ3n) is 4.56. The predicted molar refractivity (Wildman–Crippen MR) is 91.8 cm³/mol. The summed E-state index contributed by atoms with van der Waals surface area (Å²) in [5.41, 5.74) is 0.787. The van der Waals surface area contributed by atoms with Crippen molar-refractivity contribution in [1.29, 1.82) is 0 Å². The van der Waals surface area contributed by atoms with E-state index in [1.807, 2.05) is 22.7 Å². The number of methoxy groups -OCH3 is 1. The molecule has 0 saturated carbocycles. The molecule has 6 nitrogen and oxygen atoms in total. The molecule has 0 radical (unpaired) electrons. The molecular weight excluding hydrogens is 323 g/mol. The summed E-state index contributed by atoms with van der Waals surface area (Å²) < 4.78 is 20.6. The molecule has 1 fully saturated rings. The Bertz CT molecular complexity index is 746. The minimum atomic E-state index is -0.402. The van der Waals surface area contributed by atoms with Crippen molar-refractivity contribution in [3.8, 4) is 5.75 Å². The first-order chi connectivity index (χ1) is 12.1. The normalized spacial score (nSPS) is 17.6. The van der Waals surface area contributed by atoms with Gasteiger partial charge < -0.3 is 19.5 Å². The maximum atomic E-state index is 13.8. The van der Waals surface area contributed by atoms with E-state index in [9.17, 15) is 9.18 Å². The van der Waals surface area contributed by atoms with Gasteiger partial charge >= 0.3 is 0 Å². The Hall–Kier alpha value is -2.41. The molecule has 0 spiro atoms. The molecule has 1 atom stereocenters. The average molecular weight is 346 g/mol. The number of halogens is 1. The van der Waals surface area contributed by atoms with Crippen LogP contribution in [-0.4, -0.2) is 47.1 Å². The Kier molecular flexibility index (Phi) is 5.33. The lowest BCUT2D eigenvalue weighted by Crippen LogP contribution is -2.49. The standard InChI is InChI=1S/C18H23FN4O2/c1-22-9-8-21-18(22)15-12-20-7-10-23(15)17(24)6-4-13-3-5-16(25-2)14(19)11-13/h3,5,8-9,11,15,20H,4,6-7,10,12H2,1-2H3. The van der Waals surface area contributed by atoms with Crippen LogP contribution in [0.2, 0.25) is 0 Å². The molecule has 1 saturated heterocycles. The zero-order valence-electron chi connectivity index (χ0n) is 14.5. The van der Waals surface area contributed by atoms with Gasteiger partial charge in [0.25, 0.3) is 0 Å². The summed E-state index contributed by atoms with van der Waals surface area (Å²) in [6.45, 7) is 2.10. The number of hydrogen-bond acceptors (Lipinski definition) is 4. The summed E-state index contributed by atoms with van der Waals surface area (Å²) in [6, 6.07) is 4.74. The quantitative estimate of drug-likeness (QED) is 0.895. The van der Waals surface area contributed by atoms with Gasteiger partial charge in [0.1, 0.15) is 11.9 Å². The minimum Gasteiger partial charge on any atom is -0.494 e. The van der Waals surface area contributed by atoms with E-state index >= 15 is 0 Å². The maximum Gasteiger partial charge on any atom is 0.223 e. The van der Waals surface area contributed by atoms with Crippen LogP contribution >= 0.6 is 0 Å². The van der Waals surface area contributed by atoms with Gasteiger partial charge in [-0.25, -0.2) is 9.37 Å². The van der Waals surface area contributed by atoms with Crippen LogP contribution in [0, 0.1) is 5.82 Å². The highest BCUT2D eigenvalue weighted by Crippen LogP contribution is 2.23. The van der Waals surface area contributed by atoms with Crippen molar-refractivity contribution in [2.24, 2.45) is 7.05 Å². The van der Waals surface area contributed by atoms with E-state index < -0.39 is 5.82 Å². The Morgan fingerprint density at radius 1 is 1.48 bits per heavy atom. The number of amides is 1. The molecule has 0 aliphatic carbocycles. The summed E-state index contributed by atoms with van der Waals surface area (Å²) in [6.07, 6.45) is 4.46. The van der Waals surface area contributed by atoms with Gasteiger partial charge in [0.05, 0.1) is 7.11 Å². The molecule has 1 aliphatic heterocycles. The number of rotatable bonds is 5. The molecule has 1 aliphatic rings. The number of aromatic nitrogens is 2. The van der Waals surface area contributed by atoms with Crippen molar-refractivity contribution >= 4 is 5.91 Å². The minimum absolute atomic E-state index is 0.0609. The van der Waals surface area contributed by atoms with E-state index in [1.165, 1.54) is 13.2 Å². The summed E-state index contributed by atoms with van der Waals surface area (Å²) in [4.78, 5) is 19.0. The number of imidazole rings is 1. The fraction of sp³-hybridized carbons (Fsp3) is 0.444. The van der Waals surface area contributed by atoms with E-state index in [0.29, 0.717) is 25.9 Å². The van der Waals surface area contributed by atoms with E-state index in [0.717, 1.165) is 17.9 Å². The second-order valence-corrected chi connectivity index (χ2v) is 6.17. The largest absolute Gasteiger partial charge is 0.494 e. The fourth-order valence-electron chi connectivity index (χ4n) is 3.19. The lowest BCUT2D eigenvalue weighted by Gasteiger charge is -2.35. The lowest BCUT2D eigenvalue weighted by molar-refractivity contribution is -0.134. The topological polar surface area (TPSA) is 59.4 Å².